The van der Waals surface area contributed by atoms with Crippen LogP contribution in [-0.4, -0.2) is 21.8 Å². The van der Waals surface area contributed by atoms with E-state index >= 15 is 0 Å². The molecule has 0 heterocycles. The van der Waals surface area contributed by atoms with E-state index in [0.29, 0.717) is 12.3 Å². The molecule has 0 aromatic carbocycles. The topological polar surface area (TPSA) is 74.6 Å². The first-order valence-electron chi connectivity index (χ1n) is 6.69. The van der Waals surface area contributed by atoms with Crippen LogP contribution in [0.1, 0.15) is 47.0 Å². The second kappa shape index (κ2) is 6.04. The molecule has 0 aromatic heterocycles. The van der Waals surface area contributed by atoms with Crippen molar-refractivity contribution in [2.24, 2.45) is 11.8 Å². The maximum absolute atomic E-state index is 12.0. The summed E-state index contributed by atoms with van der Waals surface area (Å²) in [5, 5.41) is 19.5. The molecule has 19 heavy (non-hydrogen) atoms. The van der Waals surface area contributed by atoms with Gasteiger partial charge in [0.15, 0.2) is 11.5 Å². The van der Waals surface area contributed by atoms with Crippen molar-refractivity contribution in [3.8, 4) is 0 Å². The molecule has 0 saturated heterocycles. The van der Waals surface area contributed by atoms with Crippen molar-refractivity contribution in [2.75, 3.05) is 0 Å². The molecule has 0 spiro atoms. The summed E-state index contributed by atoms with van der Waals surface area (Å²) >= 11 is 0. The Bertz CT molecular complexity index is 455. The highest BCUT2D eigenvalue weighted by Crippen LogP contribution is 2.29. The number of ketones is 2. The van der Waals surface area contributed by atoms with E-state index < -0.39 is 23.1 Å². The third kappa shape index (κ3) is 3.25. The Hall–Kier alpha value is -1.58. The predicted octanol–water partition coefficient (Wildman–Crippen LogP) is 3.24. The third-order valence-corrected chi connectivity index (χ3v) is 3.54. The molecule has 106 valence electrons. The van der Waals surface area contributed by atoms with Gasteiger partial charge in [-0.25, -0.2) is 0 Å². The van der Waals surface area contributed by atoms with Crippen molar-refractivity contribution in [1.29, 1.82) is 0 Å². The van der Waals surface area contributed by atoms with Crippen LogP contribution < -0.4 is 0 Å². The fraction of sp³-hybridized carbons (Fsp3) is 0.600. The SMILES string of the molecule is CC1=C(O)C(=O)C([C@H](C)CCCC(C)C)=C(O)C1=O. The third-order valence-electron chi connectivity index (χ3n) is 3.54. The van der Waals surface area contributed by atoms with E-state index in [1.807, 2.05) is 0 Å². The lowest BCUT2D eigenvalue weighted by Gasteiger charge is -2.20. The Labute approximate surface area is 113 Å². The number of aliphatic hydroxyl groups excluding tert-OH is 2. The van der Waals surface area contributed by atoms with Gasteiger partial charge in [-0.2, -0.15) is 0 Å². The summed E-state index contributed by atoms with van der Waals surface area (Å²) in [7, 11) is 0. The van der Waals surface area contributed by atoms with E-state index in [2.05, 4.69) is 13.8 Å². The summed E-state index contributed by atoms with van der Waals surface area (Å²) in [5.41, 5.74) is -0.0301. The molecule has 0 fully saturated rings. The zero-order valence-corrected chi connectivity index (χ0v) is 12.0. The molecule has 0 bridgehead atoms. The van der Waals surface area contributed by atoms with Crippen molar-refractivity contribution in [1.82, 2.24) is 0 Å². The lowest BCUT2D eigenvalue weighted by molar-refractivity contribution is -0.120. The molecule has 0 radical (unpaired) electrons. The zero-order valence-electron chi connectivity index (χ0n) is 12.0. The van der Waals surface area contributed by atoms with Crippen molar-refractivity contribution in [3.63, 3.8) is 0 Å². The second-order valence-electron chi connectivity index (χ2n) is 5.62. The molecule has 4 heteroatoms. The molecule has 1 rings (SSSR count). The van der Waals surface area contributed by atoms with E-state index in [1.54, 1.807) is 6.92 Å². The first kappa shape index (κ1) is 15.5. The average Bonchev–Trinajstić information content (AvgIpc) is 2.34. The molecule has 0 unspecified atom stereocenters. The van der Waals surface area contributed by atoms with Crippen molar-refractivity contribution >= 4 is 11.6 Å². The van der Waals surface area contributed by atoms with Gasteiger partial charge in [-0.3, -0.25) is 9.59 Å². The number of allylic oxidation sites excluding steroid dienone is 2. The fourth-order valence-corrected chi connectivity index (χ4v) is 2.25. The maximum atomic E-state index is 12.0. The molecule has 0 aliphatic heterocycles. The van der Waals surface area contributed by atoms with Crippen LogP contribution >= 0.6 is 0 Å². The summed E-state index contributed by atoms with van der Waals surface area (Å²) in [6.45, 7) is 7.38. The number of Topliss-reactive ketones (excluding diaryl/α,β-unsaturated/α-hetero) is 2. The zero-order chi connectivity index (χ0) is 14.7. The lowest BCUT2D eigenvalue weighted by atomic mass is 9.84. The maximum Gasteiger partial charge on any atom is 0.227 e. The second-order valence-corrected chi connectivity index (χ2v) is 5.62. The molecular weight excluding hydrogens is 244 g/mol. The van der Waals surface area contributed by atoms with Gasteiger partial charge in [-0.05, 0) is 25.2 Å². The Morgan fingerprint density at radius 1 is 0.947 bits per heavy atom. The van der Waals surface area contributed by atoms with Gasteiger partial charge >= 0.3 is 0 Å². The number of carbonyl (C=O) groups excluding carboxylic acids is 2. The monoisotopic (exact) mass is 266 g/mol. The number of rotatable bonds is 5. The van der Waals surface area contributed by atoms with Crippen LogP contribution in [0.5, 0.6) is 0 Å². The van der Waals surface area contributed by atoms with Gasteiger partial charge in [-0.1, -0.05) is 33.6 Å². The summed E-state index contributed by atoms with van der Waals surface area (Å²) in [4.78, 5) is 23.7. The smallest absolute Gasteiger partial charge is 0.227 e. The molecule has 1 atom stereocenters. The van der Waals surface area contributed by atoms with Gasteiger partial charge in [0, 0.05) is 5.57 Å². The largest absolute Gasteiger partial charge is 0.504 e. The van der Waals surface area contributed by atoms with Crippen molar-refractivity contribution in [3.05, 3.63) is 22.7 Å². The van der Waals surface area contributed by atoms with E-state index in [-0.39, 0.29) is 17.1 Å². The van der Waals surface area contributed by atoms with Crippen molar-refractivity contribution in [2.45, 2.75) is 47.0 Å². The van der Waals surface area contributed by atoms with Gasteiger partial charge in [-0.15, -0.1) is 0 Å². The Kier molecular flexibility index (Phi) is 4.92. The Morgan fingerprint density at radius 2 is 1.53 bits per heavy atom. The van der Waals surface area contributed by atoms with Crippen LogP contribution in [0, 0.1) is 11.8 Å². The highest BCUT2D eigenvalue weighted by atomic mass is 16.3. The van der Waals surface area contributed by atoms with Crippen LogP contribution in [0.25, 0.3) is 0 Å². The Morgan fingerprint density at radius 3 is 2.05 bits per heavy atom. The molecule has 0 saturated carbocycles. The van der Waals surface area contributed by atoms with Gasteiger partial charge in [0.2, 0.25) is 11.6 Å². The molecular formula is C15H22O4. The first-order chi connectivity index (χ1) is 8.77. The van der Waals surface area contributed by atoms with Gasteiger partial charge in [0.05, 0.1) is 5.57 Å². The average molecular weight is 266 g/mol. The molecule has 2 N–H and O–H groups in total. The molecule has 4 nitrogen and oxygen atoms in total. The van der Waals surface area contributed by atoms with Crippen molar-refractivity contribution < 1.29 is 19.8 Å². The minimum Gasteiger partial charge on any atom is -0.504 e. The number of aliphatic hydroxyl groups is 2. The first-order valence-corrected chi connectivity index (χ1v) is 6.69. The predicted molar refractivity (Wildman–Crippen MR) is 72.9 cm³/mol. The minimum atomic E-state index is -0.650. The number of hydrogen-bond donors (Lipinski definition) is 2. The normalized spacial score (nSPS) is 18.6. The van der Waals surface area contributed by atoms with Crippen LogP contribution in [0.4, 0.5) is 0 Å². The summed E-state index contributed by atoms with van der Waals surface area (Å²) in [6.07, 6.45) is 2.66. The molecule has 0 aromatic rings. The molecule has 1 aliphatic carbocycles. The van der Waals surface area contributed by atoms with Gasteiger partial charge < -0.3 is 10.2 Å². The van der Waals surface area contributed by atoms with E-state index in [0.717, 1.165) is 12.8 Å². The quantitative estimate of drug-likeness (QED) is 0.749. The number of hydrogen-bond acceptors (Lipinski definition) is 4. The standard InChI is InChI=1S/C15H22O4/c1-8(2)6-5-7-9(3)11-14(18)12(16)10(4)13(17)15(11)19/h8-9,16,19H,5-7H2,1-4H3/t9-/m1/s1. The van der Waals surface area contributed by atoms with Gasteiger partial charge in [0.1, 0.15) is 0 Å². The highest BCUT2D eigenvalue weighted by Gasteiger charge is 2.34. The summed E-state index contributed by atoms with van der Waals surface area (Å²) < 4.78 is 0. The molecule has 1 aliphatic rings. The summed E-state index contributed by atoms with van der Waals surface area (Å²) in [5.74, 6) is -1.96. The molecule has 0 amide bonds. The van der Waals surface area contributed by atoms with Crippen LogP contribution in [-0.2, 0) is 9.59 Å². The Balaban J connectivity index is 2.87. The lowest BCUT2D eigenvalue weighted by Crippen LogP contribution is -2.26. The van der Waals surface area contributed by atoms with Crippen LogP contribution in [0.3, 0.4) is 0 Å². The van der Waals surface area contributed by atoms with E-state index in [4.69, 9.17) is 0 Å². The summed E-state index contributed by atoms with van der Waals surface area (Å²) in [6, 6.07) is 0. The van der Waals surface area contributed by atoms with Crippen LogP contribution in [0.15, 0.2) is 22.7 Å². The minimum absolute atomic E-state index is 0.0526. The van der Waals surface area contributed by atoms with E-state index in [1.165, 1.54) is 6.92 Å². The number of carbonyl (C=O) groups is 2. The fourth-order valence-electron chi connectivity index (χ4n) is 2.25. The van der Waals surface area contributed by atoms with Gasteiger partial charge in [0.25, 0.3) is 0 Å². The highest BCUT2D eigenvalue weighted by molar-refractivity contribution is 6.23. The van der Waals surface area contributed by atoms with Crippen LogP contribution in [0.2, 0.25) is 0 Å². The van der Waals surface area contributed by atoms with E-state index in [9.17, 15) is 19.8 Å².